The zero-order valence-electron chi connectivity index (χ0n) is 19.0. The molecule has 0 saturated heterocycles. The molecule has 0 aromatic heterocycles. The maximum absolute atomic E-state index is 13.1. The molecule has 2 N–H and O–H groups in total. The fourth-order valence-corrected chi connectivity index (χ4v) is 4.02. The van der Waals surface area contributed by atoms with Crippen LogP contribution in [0, 0.1) is 5.92 Å². The molecular weight excluding hydrogens is 388 g/mol. The molecule has 0 radical (unpaired) electrons. The van der Waals surface area contributed by atoms with Gasteiger partial charge in [0.2, 0.25) is 5.91 Å². The van der Waals surface area contributed by atoms with Crippen molar-refractivity contribution in [2.45, 2.75) is 52.5 Å². The number of rotatable bonds is 7. The summed E-state index contributed by atoms with van der Waals surface area (Å²) >= 11 is 0. The van der Waals surface area contributed by atoms with Crippen LogP contribution in [0.25, 0.3) is 5.70 Å². The van der Waals surface area contributed by atoms with E-state index in [2.05, 4.69) is 30.5 Å². The monoisotopic (exact) mass is 420 g/mol. The molecule has 0 saturated carbocycles. The van der Waals surface area contributed by atoms with Gasteiger partial charge in [0.25, 0.3) is 0 Å². The van der Waals surface area contributed by atoms with Gasteiger partial charge in [-0.3, -0.25) is 9.59 Å². The number of carbonyl (C=O) groups excluding carboxylic acids is 2. The molecule has 0 bridgehead atoms. The Kier molecular flexibility index (Phi) is 6.84. The zero-order chi connectivity index (χ0) is 22.6. The van der Waals surface area contributed by atoms with Crippen molar-refractivity contribution in [1.29, 1.82) is 0 Å². The number of nitrogens with one attached hydrogen (secondary N) is 2. The first kappa shape index (κ1) is 22.6. The SMILES string of the molecule is CCC(CC)C(=O)Nc1cccc(C(=O)/C=C2\NC(C)(C)Cc3ccc(OC)cc32)c1. The smallest absolute Gasteiger partial charge is 0.227 e. The highest BCUT2D eigenvalue weighted by atomic mass is 16.5. The third-order valence-electron chi connectivity index (χ3n) is 5.76. The molecule has 164 valence electrons. The Morgan fingerprint density at radius 3 is 2.58 bits per heavy atom. The Morgan fingerprint density at radius 1 is 1.16 bits per heavy atom. The van der Waals surface area contributed by atoms with Crippen molar-refractivity contribution in [1.82, 2.24) is 5.32 Å². The van der Waals surface area contributed by atoms with Crippen LogP contribution in [-0.2, 0) is 11.2 Å². The van der Waals surface area contributed by atoms with Gasteiger partial charge in [0, 0.05) is 40.0 Å². The lowest BCUT2D eigenvalue weighted by Gasteiger charge is -2.35. The summed E-state index contributed by atoms with van der Waals surface area (Å²) in [5.74, 6) is 0.601. The van der Waals surface area contributed by atoms with E-state index in [1.165, 1.54) is 5.56 Å². The lowest BCUT2D eigenvalue weighted by molar-refractivity contribution is -0.120. The molecule has 0 unspecified atom stereocenters. The molecule has 5 nitrogen and oxygen atoms in total. The predicted molar refractivity (Wildman–Crippen MR) is 125 cm³/mol. The van der Waals surface area contributed by atoms with Gasteiger partial charge < -0.3 is 15.4 Å². The zero-order valence-corrected chi connectivity index (χ0v) is 19.0. The van der Waals surface area contributed by atoms with Crippen LogP contribution in [-0.4, -0.2) is 24.3 Å². The summed E-state index contributed by atoms with van der Waals surface area (Å²) in [5, 5.41) is 6.44. The number of hydrogen-bond donors (Lipinski definition) is 2. The summed E-state index contributed by atoms with van der Waals surface area (Å²) in [6.07, 6.45) is 4.07. The molecule has 0 fully saturated rings. The van der Waals surface area contributed by atoms with E-state index in [1.807, 2.05) is 32.0 Å². The molecule has 1 aliphatic rings. The van der Waals surface area contributed by atoms with Crippen LogP contribution in [0.4, 0.5) is 5.69 Å². The lowest BCUT2D eigenvalue weighted by atomic mass is 9.85. The number of anilines is 1. The van der Waals surface area contributed by atoms with Crippen molar-refractivity contribution in [3.8, 4) is 5.75 Å². The molecule has 1 heterocycles. The number of ketones is 1. The van der Waals surface area contributed by atoms with Crippen LogP contribution in [0.1, 0.15) is 62.0 Å². The number of fused-ring (bicyclic) bond motifs is 1. The average Bonchev–Trinajstić information content (AvgIpc) is 2.73. The van der Waals surface area contributed by atoms with E-state index >= 15 is 0 Å². The van der Waals surface area contributed by atoms with E-state index < -0.39 is 0 Å². The van der Waals surface area contributed by atoms with E-state index in [-0.39, 0.29) is 23.1 Å². The topological polar surface area (TPSA) is 67.4 Å². The highest BCUT2D eigenvalue weighted by Crippen LogP contribution is 2.32. The minimum atomic E-state index is -0.168. The molecule has 5 heteroatoms. The second-order valence-corrected chi connectivity index (χ2v) is 8.71. The van der Waals surface area contributed by atoms with Crippen molar-refractivity contribution in [2.24, 2.45) is 5.92 Å². The molecule has 31 heavy (non-hydrogen) atoms. The summed E-state index contributed by atoms with van der Waals surface area (Å²) in [4.78, 5) is 25.5. The van der Waals surface area contributed by atoms with Crippen LogP contribution >= 0.6 is 0 Å². The molecule has 0 spiro atoms. The molecular formula is C26H32N2O3. The standard InChI is InChI=1S/C26H32N2O3/c1-6-17(7-2)25(30)27-20-10-8-9-18(13-20)24(29)15-23-22-14-21(31-5)12-11-19(22)16-26(3,4)28-23/h8-15,17,28H,6-7,16H2,1-5H3,(H,27,30)/b23-15-. The van der Waals surface area contributed by atoms with Gasteiger partial charge in [-0.1, -0.05) is 32.0 Å². The summed E-state index contributed by atoms with van der Waals surface area (Å²) < 4.78 is 5.38. The number of amides is 1. The Morgan fingerprint density at radius 2 is 1.90 bits per heavy atom. The van der Waals surface area contributed by atoms with Gasteiger partial charge in [0.15, 0.2) is 5.78 Å². The Bertz CT molecular complexity index is 1000. The fourth-order valence-electron chi connectivity index (χ4n) is 4.02. The van der Waals surface area contributed by atoms with E-state index in [0.29, 0.717) is 11.3 Å². The lowest BCUT2D eigenvalue weighted by Crippen LogP contribution is -2.43. The third kappa shape index (κ3) is 5.35. The first-order chi connectivity index (χ1) is 14.8. The van der Waals surface area contributed by atoms with Crippen LogP contribution in [0.3, 0.4) is 0 Å². The minimum Gasteiger partial charge on any atom is -0.497 e. The van der Waals surface area contributed by atoms with Crippen LogP contribution in [0.2, 0.25) is 0 Å². The molecule has 0 aliphatic carbocycles. The summed E-state index contributed by atoms with van der Waals surface area (Å²) in [6.45, 7) is 8.25. The molecule has 2 aromatic rings. The minimum absolute atomic E-state index is 0.00956. The second-order valence-electron chi connectivity index (χ2n) is 8.71. The van der Waals surface area contributed by atoms with Gasteiger partial charge in [-0.2, -0.15) is 0 Å². The first-order valence-electron chi connectivity index (χ1n) is 10.9. The van der Waals surface area contributed by atoms with Gasteiger partial charge >= 0.3 is 0 Å². The number of carbonyl (C=O) groups is 2. The van der Waals surface area contributed by atoms with Crippen LogP contribution < -0.4 is 15.4 Å². The quantitative estimate of drug-likeness (QED) is 0.476. The predicted octanol–water partition coefficient (Wildman–Crippen LogP) is 5.22. The number of ether oxygens (including phenoxy) is 1. The highest BCUT2D eigenvalue weighted by molar-refractivity contribution is 6.09. The van der Waals surface area contributed by atoms with Crippen molar-refractivity contribution >= 4 is 23.1 Å². The Labute approximate surface area is 184 Å². The first-order valence-corrected chi connectivity index (χ1v) is 10.9. The second kappa shape index (κ2) is 9.38. The normalized spacial score (nSPS) is 15.9. The maximum atomic E-state index is 13.1. The van der Waals surface area contributed by atoms with Crippen LogP contribution in [0.5, 0.6) is 5.75 Å². The van der Waals surface area contributed by atoms with Gasteiger partial charge in [-0.05, 0) is 62.9 Å². The van der Waals surface area contributed by atoms with Crippen molar-refractivity contribution in [2.75, 3.05) is 12.4 Å². The summed E-state index contributed by atoms with van der Waals surface area (Å²) in [7, 11) is 1.64. The molecule has 2 aromatic carbocycles. The molecule has 3 rings (SSSR count). The van der Waals surface area contributed by atoms with Crippen LogP contribution in [0.15, 0.2) is 48.5 Å². The van der Waals surface area contributed by atoms with E-state index in [1.54, 1.807) is 31.4 Å². The highest BCUT2D eigenvalue weighted by Gasteiger charge is 2.28. The summed E-state index contributed by atoms with van der Waals surface area (Å²) in [5.41, 5.74) is 3.94. The van der Waals surface area contributed by atoms with E-state index in [4.69, 9.17) is 4.74 Å². The van der Waals surface area contributed by atoms with Gasteiger partial charge in [-0.15, -0.1) is 0 Å². The van der Waals surface area contributed by atoms with Crippen molar-refractivity contribution in [3.63, 3.8) is 0 Å². The van der Waals surface area contributed by atoms with Gasteiger partial charge in [0.05, 0.1) is 7.11 Å². The number of methoxy groups -OCH3 is 1. The average molecular weight is 421 g/mol. The maximum Gasteiger partial charge on any atom is 0.227 e. The van der Waals surface area contributed by atoms with Gasteiger partial charge in [0.1, 0.15) is 5.75 Å². The number of hydrogen-bond acceptors (Lipinski definition) is 4. The van der Waals surface area contributed by atoms with E-state index in [0.717, 1.165) is 36.3 Å². The van der Waals surface area contributed by atoms with Gasteiger partial charge in [-0.25, -0.2) is 0 Å². The number of allylic oxidation sites excluding steroid dienone is 1. The largest absolute Gasteiger partial charge is 0.497 e. The Balaban J connectivity index is 1.89. The molecule has 1 aliphatic heterocycles. The Hall–Kier alpha value is -3.08. The van der Waals surface area contributed by atoms with E-state index in [9.17, 15) is 9.59 Å². The molecule has 1 amide bonds. The van der Waals surface area contributed by atoms with Crippen molar-refractivity contribution < 1.29 is 14.3 Å². The number of benzene rings is 2. The van der Waals surface area contributed by atoms with Crippen molar-refractivity contribution in [3.05, 3.63) is 65.2 Å². The third-order valence-corrected chi connectivity index (χ3v) is 5.76. The fraction of sp³-hybridized carbons (Fsp3) is 0.385. The summed E-state index contributed by atoms with van der Waals surface area (Å²) in [6, 6.07) is 13.1. The molecule has 0 atom stereocenters.